The minimum absolute atomic E-state index is 0.223. The second kappa shape index (κ2) is 15.4. The van der Waals surface area contributed by atoms with Crippen molar-refractivity contribution in [2.24, 2.45) is 21.5 Å². The summed E-state index contributed by atoms with van der Waals surface area (Å²) in [6, 6.07) is 0.446. The summed E-state index contributed by atoms with van der Waals surface area (Å²) in [6.45, 7) is 0. The molecule has 0 bridgehead atoms. The molecular formula is C23H42Cl2N8. The van der Waals surface area contributed by atoms with Crippen molar-refractivity contribution in [1.82, 2.24) is 10.6 Å². The number of nitrogens with two attached hydrogens (primary N) is 2. The molecule has 0 unspecified atom stereocenters. The van der Waals surface area contributed by atoms with Gasteiger partial charge >= 0.3 is 0 Å². The van der Waals surface area contributed by atoms with E-state index < -0.39 is 0 Å². The van der Waals surface area contributed by atoms with Crippen LogP contribution in [0.2, 0.25) is 0 Å². The molecule has 0 aliphatic heterocycles. The predicted molar refractivity (Wildman–Crippen MR) is 141 cm³/mol. The van der Waals surface area contributed by atoms with Crippen LogP contribution in [0.15, 0.2) is 9.98 Å². The zero-order chi connectivity index (χ0) is 24.1. The summed E-state index contributed by atoms with van der Waals surface area (Å²) >= 11 is 12.2. The largest absolute Gasteiger partial charge is 0.370 e. The number of guanidine groups is 2. The zero-order valence-electron chi connectivity index (χ0n) is 19.7. The van der Waals surface area contributed by atoms with Gasteiger partial charge in [0.2, 0.25) is 0 Å². The Kier molecular flexibility index (Phi) is 12.9. The number of aliphatic imine (C=N–C) groups is 2. The van der Waals surface area contributed by atoms with Crippen LogP contribution < -0.4 is 22.1 Å². The lowest BCUT2D eigenvalue weighted by Gasteiger charge is -2.22. The number of unbranched alkanes of at least 4 members (excludes halogenated alkanes) is 4. The van der Waals surface area contributed by atoms with Crippen LogP contribution in [0.25, 0.3) is 0 Å². The summed E-state index contributed by atoms with van der Waals surface area (Å²) in [5.41, 5.74) is 11.9. The van der Waals surface area contributed by atoms with Crippen molar-refractivity contribution >= 4 is 46.8 Å². The number of nitrogens with one attached hydrogen (secondary N) is 4. The Morgan fingerprint density at radius 2 is 0.970 bits per heavy atom. The van der Waals surface area contributed by atoms with Gasteiger partial charge in [-0.3, -0.25) is 10.8 Å². The topological polar surface area (TPSA) is 149 Å². The lowest BCUT2D eigenvalue weighted by molar-refractivity contribution is 0.448. The molecule has 8 N–H and O–H groups in total. The average Bonchev–Trinajstić information content (AvgIpc) is 2.76. The average molecular weight is 502 g/mol. The van der Waals surface area contributed by atoms with Crippen LogP contribution in [0.1, 0.15) is 96.3 Å². The van der Waals surface area contributed by atoms with Crippen LogP contribution in [0.4, 0.5) is 0 Å². The highest BCUT2D eigenvalue weighted by Crippen LogP contribution is 2.25. The van der Waals surface area contributed by atoms with Gasteiger partial charge in [0.05, 0.1) is 23.8 Å². The molecule has 2 aliphatic carbocycles. The first kappa shape index (κ1) is 27.7. The van der Waals surface area contributed by atoms with Crippen LogP contribution in [0, 0.1) is 10.8 Å². The Bertz CT molecular complexity index is 609. The number of alkyl halides is 2. The molecule has 8 nitrogen and oxygen atoms in total. The maximum Gasteiger partial charge on any atom is 0.194 e. The fourth-order valence-electron chi connectivity index (χ4n) is 4.35. The quantitative estimate of drug-likeness (QED) is 0.112. The van der Waals surface area contributed by atoms with Gasteiger partial charge in [-0.05, 0) is 64.2 Å². The minimum Gasteiger partial charge on any atom is -0.370 e. The Morgan fingerprint density at radius 3 is 1.33 bits per heavy atom. The second-order valence-corrected chi connectivity index (χ2v) is 10.5. The van der Waals surface area contributed by atoms with Crippen molar-refractivity contribution in [2.75, 3.05) is 0 Å². The normalized spacial score (nSPS) is 26.6. The lowest BCUT2D eigenvalue weighted by Crippen LogP contribution is -2.37. The Balaban J connectivity index is 1.47. The highest BCUT2D eigenvalue weighted by Gasteiger charge is 2.20. The van der Waals surface area contributed by atoms with E-state index in [0.717, 1.165) is 83.5 Å². The van der Waals surface area contributed by atoms with Crippen LogP contribution in [-0.4, -0.2) is 46.4 Å². The Labute approximate surface area is 208 Å². The van der Waals surface area contributed by atoms with Crippen molar-refractivity contribution in [2.45, 2.75) is 119 Å². The van der Waals surface area contributed by atoms with Crippen molar-refractivity contribution in [3.63, 3.8) is 0 Å². The molecule has 0 aromatic rings. The molecule has 2 saturated carbocycles. The SMILES string of the molecule is N=C(CCCCCCCC(=N)NC(N)=NC1CCC(Cl)CC1)NC(N)=NC1CCC(Cl)CC1. The van der Waals surface area contributed by atoms with E-state index in [2.05, 4.69) is 20.6 Å². The molecule has 0 radical (unpaired) electrons. The van der Waals surface area contributed by atoms with E-state index in [-0.39, 0.29) is 22.8 Å². The maximum atomic E-state index is 8.05. The fourth-order valence-corrected chi connectivity index (χ4v) is 4.86. The van der Waals surface area contributed by atoms with Gasteiger partial charge in [-0.1, -0.05) is 19.3 Å². The number of amidine groups is 2. The lowest BCUT2D eigenvalue weighted by atomic mass is 9.96. The first-order valence-corrected chi connectivity index (χ1v) is 13.3. The van der Waals surface area contributed by atoms with Gasteiger partial charge in [-0.25, -0.2) is 9.98 Å². The van der Waals surface area contributed by atoms with Crippen LogP contribution >= 0.6 is 23.2 Å². The molecule has 2 aliphatic rings. The molecular weight excluding hydrogens is 459 g/mol. The van der Waals surface area contributed by atoms with E-state index in [1.54, 1.807) is 0 Å². The third-order valence-corrected chi connectivity index (χ3v) is 7.18. The fraction of sp³-hybridized carbons (Fsp3) is 0.826. The summed E-state index contributed by atoms with van der Waals surface area (Å²) in [4.78, 5) is 8.97. The smallest absolute Gasteiger partial charge is 0.194 e. The van der Waals surface area contributed by atoms with E-state index in [9.17, 15) is 0 Å². The van der Waals surface area contributed by atoms with Gasteiger partial charge in [0.1, 0.15) is 0 Å². The highest BCUT2D eigenvalue weighted by molar-refractivity contribution is 6.20. The third-order valence-electron chi connectivity index (χ3n) is 6.31. The Morgan fingerprint density at radius 1 is 0.636 bits per heavy atom. The van der Waals surface area contributed by atoms with Gasteiger partial charge in [-0.2, -0.15) is 0 Å². The second-order valence-electron chi connectivity index (χ2n) is 9.32. The third kappa shape index (κ3) is 12.5. The summed E-state index contributed by atoms with van der Waals surface area (Å²) in [5.74, 6) is 1.53. The van der Waals surface area contributed by atoms with E-state index in [4.69, 9.17) is 45.5 Å². The number of rotatable bonds is 10. The van der Waals surface area contributed by atoms with Gasteiger partial charge in [0.25, 0.3) is 0 Å². The number of nitrogens with zero attached hydrogens (tertiary/aromatic N) is 2. The van der Waals surface area contributed by atoms with Gasteiger partial charge in [-0.15, -0.1) is 23.2 Å². The van der Waals surface area contributed by atoms with Gasteiger partial charge < -0.3 is 22.1 Å². The zero-order valence-corrected chi connectivity index (χ0v) is 21.2. The standard InChI is InChI=1S/C23H42Cl2N8/c24-16-8-12-18(13-9-16)30-22(28)32-20(26)6-4-2-1-3-5-7-21(27)33-23(29)31-19-14-10-17(25)11-15-19/h16-19H,1-15H2,(H4,26,28,30,32)(H4,27,29,31,33). The molecule has 0 atom stereocenters. The molecule has 33 heavy (non-hydrogen) atoms. The van der Waals surface area contributed by atoms with Crippen LogP contribution in [0.5, 0.6) is 0 Å². The van der Waals surface area contributed by atoms with E-state index in [1.165, 1.54) is 0 Å². The molecule has 0 amide bonds. The molecule has 0 spiro atoms. The van der Waals surface area contributed by atoms with E-state index in [1.807, 2.05) is 0 Å². The van der Waals surface area contributed by atoms with Crippen molar-refractivity contribution in [3.05, 3.63) is 0 Å². The molecule has 0 aromatic heterocycles. The van der Waals surface area contributed by atoms with Crippen LogP contribution in [-0.2, 0) is 0 Å². The molecule has 2 rings (SSSR count). The minimum atomic E-state index is 0.223. The summed E-state index contributed by atoms with van der Waals surface area (Å²) in [7, 11) is 0. The number of halogens is 2. The number of hydrogen-bond donors (Lipinski definition) is 6. The monoisotopic (exact) mass is 500 g/mol. The van der Waals surface area contributed by atoms with Crippen molar-refractivity contribution < 1.29 is 0 Å². The maximum absolute atomic E-state index is 8.05. The number of hydrogen-bond acceptors (Lipinski definition) is 4. The molecule has 0 aromatic carbocycles. The molecule has 2 fully saturated rings. The van der Waals surface area contributed by atoms with E-state index in [0.29, 0.717) is 36.4 Å². The van der Waals surface area contributed by atoms with Crippen LogP contribution in [0.3, 0.4) is 0 Å². The van der Waals surface area contributed by atoms with Crippen molar-refractivity contribution in [1.29, 1.82) is 10.8 Å². The van der Waals surface area contributed by atoms with Gasteiger partial charge in [0.15, 0.2) is 11.9 Å². The molecule has 0 heterocycles. The van der Waals surface area contributed by atoms with Gasteiger partial charge in [0, 0.05) is 23.6 Å². The summed E-state index contributed by atoms with van der Waals surface area (Å²) in [6.07, 6.45) is 14.2. The first-order valence-electron chi connectivity index (χ1n) is 12.5. The summed E-state index contributed by atoms with van der Waals surface area (Å²) < 4.78 is 0. The summed E-state index contributed by atoms with van der Waals surface area (Å²) in [5, 5.41) is 22.5. The Hall–Kier alpha value is -1.54. The predicted octanol–water partition coefficient (Wildman–Crippen LogP) is 4.58. The first-order chi connectivity index (χ1) is 15.8. The highest BCUT2D eigenvalue weighted by atomic mass is 35.5. The van der Waals surface area contributed by atoms with E-state index >= 15 is 0 Å². The van der Waals surface area contributed by atoms with Crippen molar-refractivity contribution in [3.8, 4) is 0 Å². The molecule has 10 heteroatoms. The molecule has 188 valence electrons. The molecule has 0 saturated heterocycles.